The number of rotatable bonds is 9. The SMILES string of the molecule is CCC(=O)OCCCCc1cccc(OCC(C)C)c1F. The van der Waals surface area contributed by atoms with E-state index in [1.807, 2.05) is 19.9 Å². The van der Waals surface area contributed by atoms with Gasteiger partial charge < -0.3 is 9.47 Å². The number of hydrogen-bond donors (Lipinski definition) is 0. The van der Waals surface area contributed by atoms with Crippen molar-refractivity contribution in [2.45, 2.75) is 46.5 Å². The van der Waals surface area contributed by atoms with Crippen LogP contribution in [0.15, 0.2) is 18.2 Å². The highest BCUT2D eigenvalue weighted by atomic mass is 19.1. The Hall–Kier alpha value is -1.58. The average molecular weight is 296 g/mol. The fourth-order valence-electron chi connectivity index (χ4n) is 1.82. The maximum absolute atomic E-state index is 14.2. The minimum absolute atomic E-state index is 0.190. The first-order valence-corrected chi connectivity index (χ1v) is 7.60. The zero-order chi connectivity index (χ0) is 15.7. The highest BCUT2D eigenvalue weighted by Crippen LogP contribution is 2.22. The number of halogens is 1. The molecule has 1 rings (SSSR count). The molecule has 0 aliphatic rings. The Morgan fingerprint density at radius 2 is 2.05 bits per heavy atom. The van der Waals surface area contributed by atoms with Crippen molar-refractivity contribution in [3.05, 3.63) is 29.6 Å². The molecule has 118 valence electrons. The van der Waals surface area contributed by atoms with E-state index in [1.54, 1.807) is 19.1 Å². The van der Waals surface area contributed by atoms with Gasteiger partial charge in [0.05, 0.1) is 13.2 Å². The third kappa shape index (κ3) is 6.61. The molecular weight excluding hydrogens is 271 g/mol. The Kier molecular flexibility index (Phi) is 7.80. The van der Waals surface area contributed by atoms with Gasteiger partial charge in [0, 0.05) is 6.42 Å². The number of carbonyl (C=O) groups excluding carboxylic acids is 1. The Labute approximate surface area is 126 Å². The molecule has 0 aromatic heterocycles. The number of hydrogen-bond acceptors (Lipinski definition) is 3. The van der Waals surface area contributed by atoms with Crippen LogP contribution in [0, 0.1) is 11.7 Å². The summed E-state index contributed by atoms with van der Waals surface area (Å²) in [5.74, 6) is 0.217. The smallest absolute Gasteiger partial charge is 0.305 e. The summed E-state index contributed by atoms with van der Waals surface area (Å²) in [6, 6.07) is 5.24. The van der Waals surface area contributed by atoms with Gasteiger partial charge in [0.2, 0.25) is 0 Å². The molecule has 0 radical (unpaired) electrons. The summed E-state index contributed by atoms with van der Waals surface area (Å²) in [5.41, 5.74) is 0.651. The molecule has 1 aromatic rings. The third-order valence-corrected chi connectivity index (χ3v) is 3.01. The van der Waals surface area contributed by atoms with E-state index in [4.69, 9.17) is 9.47 Å². The van der Waals surface area contributed by atoms with Gasteiger partial charge in [-0.05, 0) is 36.8 Å². The van der Waals surface area contributed by atoms with Crippen molar-refractivity contribution in [3.63, 3.8) is 0 Å². The molecule has 0 spiro atoms. The minimum Gasteiger partial charge on any atom is -0.490 e. The second-order valence-corrected chi connectivity index (χ2v) is 5.47. The van der Waals surface area contributed by atoms with Crippen molar-refractivity contribution in [1.29, 1.82) is 0 Å². The van der Waals surface area contributed by atoms with Gasteiger partial charge in [-0.25, -0.2) is 4.39 Å². The molecule has 0 amide bonds. The normalized spacial score (nSPS) is 10.7. The number of esters is 1. The van der Waals surface area contributed by atoms with E-state index in [0.717, 1.165) is 12.8 Å². The number of carbonyl (C=O) groups is 1. The monoisotopic (exact) mass is 296 g/mol. The highest BCUT2D eigenvalue weighted by Gasteiger charge is 2.09. The average Bonchev–Trinajstić information content (AvgIpc) is 2.46. The Bertz CT molecular complexity index is 444. The van der Waals surface area contributed by atoms with Crippen molar-refractivity contribution in [2.24, 2.45) is 5.92 Å². The minimum atomic E-state index is -0.274. The van der Waals surface area contributed by atoms with Crippen molar-refractivity contribution in [2.75, 3.05) is 13.2 Å². The van der Waals surface area contributed by atoms with Crippen molar-refractivity contribution in [1.82, 2.24) is 0 Å². The van der Waals surface area contributed by atoms with Gasteiger partial charge in [-0.15, -0.1) is 0 Å². The van der Waals surface area contributed by atoms with E-state index in [9.17, 15) is 9.18 Å². The number of benzene rings is 1. The van der Waals surface area contributed by atoms with Gasteiger partial charge in [0.25, 0.3) is 0 Å². The maximum atomic E-state index is 14.2. The van der Waals surface area contributed by atoms with Crippen LogP contribution in [0.5, 0.6) is 5.75 Å². The predicted molar refractivity (Wildman–Crippen MR) is 80.9 cm³/mol. The molecule has 0 unspecified atom stereocenters. The molecular formula is C17H25FO3. The molecule has 0 N–H and O–H groups in total. The zero-order valence-corrected chi connectivity index (χ0v) is 13.2. The van der Waals surface area contributed by atoms with Crippen LogP contribution in [-0.4, -0.2) is 19.2 Å². The summed E-state index contributed by atoms with van der Waals surface area (Å²) in [6.45, 7) is 6.73. The molecule has 0 fully saturated rings. The second kappa shape index (κ2) is 9.37. The molecule has 21 heavy (non-hydrogen) atoms. The fourth-order valence-corrected chi connectivity index (χ4v) is 1.82. The molecule has 0 bridgehead atoms. The molecule has 0 atom stereocenters. The van der Waals surface area contributed by atoms with Crippen LogP contribution < -0.4 is 4.74 Å². The zero-order valence-electron chi connectivity index (χ0n) is 13.2. The number of aryl methyl sites for hydroxylation is 1. The van der Waals surface area contributed by atoms with E-state index in [1.165, 1.54) is 0 Å². The van der Waals surface area contributed by atoms with E-state index < -0.39 is 0 Å². The molecule has 1 aromatic carbocycles. The van der Waals surface area contributed by atoms with Gasteiger partial charge in [0.15, 0.2) is 11.6 Å². The Morgan fingerprint density at radius 1 is 1.29 bits per heavy atom. The summed E-state index contributed by atoms with van der Waals surface area (Å²) in [4.78, 5) is 11.0. The van der Waals surface area contributed by atoms with Gasteiger partial charge in [0.1, 0.15) is 0 Å². The molecule has 0 aliphatic carbocycles. The van der Waals surface area contributed by atoms with Crippen LogP contribution in [0.3, 0.4) is 0 Å². The molecule has 0 saturated heterocycles. The van der Waals surface area contributed by atoms with Crippen molar-refractivity contribution < 1.29 is 18.7 Å². The molecule has 0 heterocycles. The lowest BCUT2D eigenvalue weighted by molar-refractivity contribution is -0.143. The summed E-state index contributed by atoms with van der Waals surface area (Å²) in [7, 11) is 0. The third-order valence-electron chi connectivity index (χ3n) is 3.01. The number of unbranched alkanes of at least 4 members (excludes halogenated alkanes) is 1. The topological polar surface area (TPSA) is 35.5 Å². The van der Waals surface area contributed by atoms with Crippen LogP contribution in [-0.2, 0) is 16.0 Å². The first kappa shape index (κ1) is 17.5. The van der Waals surface area contributed by atoms with Crippen molar-refractivity contribution in [3.8, 4) is 5.75 Å². The number of ether oxygens (including phenoxy) is 2. The highest BCUT2D eigenvalue weighted by molar-refractivity contribution is 5.68. The van der Waals surface area contributed by atoms with E-state index in [-0.39, 0.29) is 11.8 Å². The predicted octanol–water partition coefficient (Wildman–Crippen LogP) is 4.14. The Balaban J connectivity index is 2.41. The molecule has 3 nitrogen and oxygen atoms in total. The quantitative estimate of drug-likeness (QED) is 0.507. The van der Waals surface area contributed by atoms with Crippen LogP contribution in [0.2, 0.25) is 0 Å². The van der Waals surface area contributed by atoms with Crippen LogP contribution in [0.4, 0.5) is 4.39 Å². The lowest BCUT2D eigenvalue weighted by Crippen LogP contribution is -2.07. The molecule has 4 heteroatoms. The van der Waals surface area contributed by atoms with Crippen LogP contribution >= 0.6 is 0 Å². The lowest BCUT2D eigenvalue weighted by Gasteiger charge is -2.12. The lowest BCUT2D eigenvalue weighted by atomic mass is 10.1. The van der Waals surface area contributed by atoms with Crippen molar-refractivity contribution >= 4 is 5.97 Å². The van der Waals surface area contributed by atoms with Gasteiger partial charge in [-0.3, -0.25) is 4.79 Å². The van der Waals surface area contributed by atoms with Gasteiger partial charge in [-0.2, -0.15) is 0 Å². The molecule has 0 saturated carbocycles. The Morgan fingerprint density at radius 3 is 2.71 bits per heavy atom. The summed E-state index contributed by atoms with van der Waals surface area (Å²) < 4.78 is 24.7. The first-order valence-electron chi connectivity index (χ1n) is 7.60. The largest absolute Gasteiger partial charge is 0.490 e. The van der Waals surface area contributed by atoms with Crippen LogP contribution in [0.25, 0.3) is 0 Å². The van der Waals surface area contributed by atoms with E-state index in [2.05, 4.69) is 0 Å². The van der Waals surface area contributed by atoms with Crippen LogP contribution in [0.1, 0.15) is 45.6 Å². The van der Waals surface area contributed by atoms with E-state index in [0.29, 0.717) is 43.3 Å². The fraction of sp³-hybridized carbons (Fsp3) is 0.588. The van der Waals surface area contributed by atoms with Gasteiger partial charge >= 0.3 is 5.97 Å². The standard InChI is InChI=1S/C17H25FO3/c1-4-16(19)20-11-6-5-8-14-9-7-10-15(17(14)18)21-12-13(2)3/h7,9-10,13H,4-6,8,11-12H2,1-3H3. The second-order valence-electron chi connectivity index (χ2n) is 5.47. The maximum Gasteiger partial charge on any atom is 0.305 e. The first-order chi connectivity index (χ1) is 10.0. The summed E-state index contributed by atoms with van der Waals surface area (Å²) in [5, 5.41) is 0. The summed E-state index contributed by atoms with van der Waals surface area (Å²) >= 11 is 0. The summed E-state index contributed by atoms with van der Waals surface area (Å²) in [6.07, 6.45) is 2.53. The molecule has 0 aliphatic heterocycles. The van der Waals surface area contributed by atoms with E-state index >= 15 is 0 Å². The van der Waals surface area contributed by atoms with Gasteiger partial charge in [-0.1, -0.05) is 32.9 Å².